The van der Waals surface area contributed by atoms with Crippen molar-refractivity contribution in [1.29, 1.82) is 0 Å². The Kier molecular flexibility index (Phi) is 2.98. The molecule has 2 aromatic rings. The fourth-order valence-corrected chi connectivity index (χ4v) is 2.10. The lowest BCUT2D eigenvalue weighted by Gasteiger charge is -2.06. The average molecular weight is 245 g/mol. The van der Waals surface area contributed by atoms with Crippen LogP contribution >= 0.6 is 12.2 Å². The van der Waals surface area contributed by atoms with Crippen molar-refractivity contribution >= 4 is 17.2 Å². The van der Waals surface area contributed by atoms with Gasteiger partial charge >= 0.3 is 0 Å². The van der Waals surface area contributed by atoms with Gasteiger partial charge in [0.05, 0.1) is 5.56 Å². The largest absolute Gasteiger partial charge is 0.389 e. The van der Waals surface area contributed by atoms with Crippen LogP contribution in [0.5, 0.6) is 0 Å². The first-order valence-corrected chi connectivity index (χ1v) is 5.81. The zero-order chi connectivity index (χ0) is 12.6. The van der Waals surface area contributed by atoms with E-state index in [0.717, 1.165) is 16.8 Å². The maximum Gasteiger partial charge on any atom is 0.107 e. The summed E-state index contributed by atoms with van der Waals surface area (Å²) in [5, 5.41) is 4.44. The summed E-state index contributed by atoms with van der Waals surface area (Å²) in [5.74, 6) is 0. The second kappa shape index (κ2) is 4.30. The van der Waals surface area contributed by atoms with Gasteiger partial charge in [-0.25, -0.2) is 0 Å². The highest BCUT2D eigenvalue weighted by atomic mass is 32.1. The molecule has 0 saturated carbocycles. The van der Waals surface area contributed by atoms with Crippen LogP contribution in [0.25, 0.3) is 11.3 Å². The number of nitrogens with two attached hydrogens (primary N) is 1. The van der Waals surface area contributed by atoms with Crippen LogP contribution in [0.3, 0.4) is 0 Å². The van der Waals surface area contributed by atoms with Crippen molar-refractivity contribution in [3.8, 4) is 11.3 Å². The molecule has 0 spiro atoms. The predicted octanol–water partition coefficient (Wildman–Crippen LogP) is 2.34. The average Bonchev–Trinajstić information content (AvgIpc) is 2.60. The van der Waals surface area contributed by atoms with Crippen molar-refractivity contribution in [3.63, 3.8) is 0 Å². The lowest BCUT2D eigenvalue weighted by atomic mass is 10.0. The minimum atomic E-state index is 0.382. The second-order valence-corrected chi connectivity index (χ2v) is 4.69. The number of thiocarbonyl (C=S) groups is 1. The fraction of sp³-hybridized carbons (Fsp3) is 0.231. The highest BCUT2D eigenvalue weighted by Crippen LogP contribution is 2.25. The monoisotopic (exact) mass is 245 g/mol. The van der Waals surface area contributed by atoms with Crippen LogP contribution in [0, 0.1) is 13.8 Å². The molecular weight excluding hydrogens is 230 g/mol. The first-order chi connectivity index (χ1) is 7.99. The Morgan fingerprint density at radius 3 is 2.65 bits per heavy atom. The quantitative estimate of drug-likeness (QED) is 0.826. The third-order valence-electron chi connectivity index (χ3n) is 2.73. The van der Waals surface area contributed by atoms with E-state index in [1.165, 1.54) is 11.1 Å². The van der Waals surface area contributed by atoms with Crippen molar-refractivity contribution in [2.45, 2.75) is 13.8 Å². The van der Waals surface area contributed by atoms with E-state index in [-0.39, 0.29) is 0 Å². The van der Waals surface area contributed by atoms with Gasteiger partial charge in [0.25, 0.3) is 0 Å². The Labute approximate surface area is 106 Å². The van der Waals surface area contributed by atoms with Crippen LogP contribution in [0.4, 0.5) is 0 Å². The lowest BCUT2D eigenvalue weighted by Crippen LogP contribution is -2.09. The Hall–Kier alpha value is -1.68. The Bertz CT molecular complexity index is 584. The molecule has 0 aliphatic heterocycles. The molecule has 4 heteroatoms. The van der Waals surface area contributed by atoms with Crippen molar-refractivity contribution in [1.82, 2.24) is 9.78 Å². The Morgan fingerprint density at radius 1 is 1.35 bits per heavy atom. The first-order valence-electron chi connectivity index (χ1n) is 5.40. The van der Waals surface area contributed by atoms with E-state index >= 15 is 0 Å². The van der Waals surface area contributed by atoms with Gasteiger partial charge in [-0.3, -0.25) is 4.68 Å². The van der Waals surface area contributed by atoms with E-state index in [4.69, 9.17) is 18.0 Å². The topological polar surface area (TPSA) is 43.8 Å². The lowest BCUT2D eigenvalue weighted by molar-refractivity contribution is 0.770. The normalized spacial score (nSPS) is 10.5. The molecule has 0 bridgehead atoms. The summed E-state index contributed by atoms with van der Waals surface area (Å²) in [6.45, 7) is 4.14. The molecule has 1 aromatic carbocycles. The summed E-state index contributed by atoms with van der Waals surface area (Å²) in [7, 11) is 1.87. The third kappa shape index (κ3) is 2.22. The van der Waals surface area contributed by atoms with Crippen LogP contribution in [0.1, 0.15) is 16.7 Å². The number of hydrogen-bond acceptors (Lipinski definition) is 2. The summed E-state index contributed by atoms with van der Waals surface area (Å²) >= 11 is 5.06. The molecule has 0 saturated heterocycles. The molecule has 1 heterocycles. The minimum absolute atomic E-state index is 0.382. The van der Waals surface area contributed by atoms with E-state index in [0.29, 0.717) is 4.99 Å². The van der Waals surface area contributed by atoms with Crippen LogP contribution in [0.15, 0.2) is 24.4 Å². The molecule has 0 aliphatic carbocycles. The Morgan fingerprint density at radius 2 is 2.06 bits per heavy atom. The van der Waals surface area contributed by atoms with Gasteiger partial charge in [0, 0.05) is 18.8 Å². The summed E-state index contributed by atoms with van der Waals surface area (Å²) in [4.78, 5) is 0.382. The molecule has 0 aliphatic rings. The maximum absolute atomic E-state index is 5.72. The van der Waals surface area contributed by atoms with Crippen molar-refractivity contribution in [2.75, 3.05) is 0 Å². The SMILES string of the molecule is Cc1ccc(-c2nn(C)cc2C(N)=S)c(C)c1. The van der Waals surface area contributed by atoms with Crippen molar-refractivity contribution in [2.24, 2.45) is 12.8 Å². The van der Waals surface area contributed by atoms with Crippen molar-refractivity contribution < 1.29 is 0 Å². The van der Waals surface area contributed by atoms with Gasteiger partial charge in [-0.05, 0) is 19.4 Å². The molecule has 17 heavy (non-hydrogen) atoms. The van der Waals surface area contributed by atoms with E-state index in [1.54, 1.807) is 4.68 Å². The zero-order valence-corrected chi connectivity index (χ0v) is 11.0. The molecule has 0 radical (unpaired) electrons. The number of hydrogen-bond donors (Lipinski definition) is 1. The molecule has 88 valence electrons. The van der Waals surface area contributed by atoms with Crippen LogP contribution in [-0.2, 0) is 7.05 Å². The van der Waals surface area contributed by atoms with E-state index in [9.17, 15) is 0 Å². The Balaban J connectivity index is 2.63. The number of aromatic nitrogens is 2. The standard InChI is InChI=1S/C13H15N3S/c1-8-4-5-10(9(2)6-8)12-11(13(14)17)7-16(3)15-12/h4-7H,1-3H3,(H2,14,17). The van der Waals surface area contributed by atoms with E-state index in [1.807, 2.05) is 13.2 Å². The highest BCUT2D eigenvalue weighted by molar-refractivity contribution is 7.80. The third-order valence-corrected chi connectivity index (χ3v) is 2.95. The first kappa shape index (κ1) is 11.8. The van der Waals surface area contributed by atoms with E-state index in [2.05, 4.69) is 37.1 Å². The smallest absolute Gasteiger partial charge is 0.107 e. The van der Waals surface area contributed by atoms with E-state index < -0.39 is 0 Å². The number of nitrogens with zero attached hydrogens (tertiary/aromatic N) is 2. The molecular formula is C13H15N3S. The molecule has 0 unspecified atom stereocenters. The maximum atomic E-state index is 5.72. The van der Waals surface area contributed by atoms with Crippen molar-refractivity contribution in [3.05, 3.63) is 41.1 Å². The molecule has 2 N–H and O–H groups in total. The van der Waals surface area contributed by atoms with Crippen LogP contribution in [0.2, 0.25) is 0 Å². The predicted molar refractivity (Wildman–Crippen MR) is 74.0 cm³/mol. The molecule has 2 rings (SSSR count). The molecule has 0 fully saturated rings. The summed E-state index contributed by atoms with van der Waals surface area (Å²) < 4.78 is 1.74. The van der Waals surface area contributed by atoms with Gasteiger partial charge in [0.15, 0.2) is 0 Å². The fourth-order valence-electron chi connectivity index (χ4n) is 1.95. The number of rotatable bonds is 2. The number of benzene rings is 1. The van der Waals surface area contributed by atoms with Crippen LogP contribution < -0.4 is 5.73 Å². The van der Waals surface area contributed by atoms with Gasteiger partial charge in [-0.1, -0.05) is 36.0 Å². The van der Waals surface area contributed by atoms with Gasteiger partial charge in [0.2, 0.25) is 0 Å². The van der Waals surface area contributed by atoms with Crippen LogP contribution in [-0.4, -0.2) is 14.8 Å². The zero-order valence-electron chi connectivity index (χ0n) is 10.2. The highest BCUT2D eigenvalue weighted by Gasteiger charge is 2.13. The second-order valence-electron chi connectivity index (χ2n) is 4.25. The summed E-state index contributed by atoms with van der Waals surface area (Å²) in [6.07, 6.45) is 1.86. The van der Waals surface area contributed by atoms with Gasteiger partial charge < -0.3 is 5.73 Å². The minimum Gasteiger partial charge on any atom is -0.389 e. The summed E-state index contributed by atoms with van der Waals surface area (Å²) in [6, 6.07) is 6.27. The summed E-state index contributed by atoms with van der Waals surface area (Å²) in [5.41, 5.74) is 10.9. The molecule has 0 atom stereocenters. The number of aryl methyl sites for hydroxylation is 3. The molecule has 3 nitrogen and oxygen atoms in total. The molecule has 1 aromatic heterocycles. The van der Waals surface area contributed by atoms with Gasteiger partial charge in [0.1, 0.15) is 10.7 Å². The van der Waals surface area contributed by atoms with Gasteiger partial charge in [-0.2, -0.15) is 5.10 Å². The van der Waals surface area contributed by atoms with Gasteiger partial charge in [-0.15, -0.1) is 0 Å². The molecule has 0 amide bonds.